The first kappa shape index (κ1) is 15.8. The molecule has 2 aliphatic heterocycles. The third-order valence-electron chi connectivity index (χ3n) is 3.65. The summed E-state index contributed by atoms with van der Waals surface area (Å²) in [4.78, 5) is 48.4. The molecule has 2 heterocycles. The summed E-state index contributed by atoms with van der Waals surface area (Å²) in [7, 11) is 3.28. The highest BCUT2D eigenvalue weighted by molar-refractivity contribution is 6.29. The lowest BCUT2D eigenvalue weighted by atomic mass is 10.1. The van der Waals surface area contributed by atoms with Gasteiger partial charge in [-0.15, -0.1) is 0 Å². The van der Waals surface area contributed by atoms with Gasteiger partial charge in [0.1, 0.15) is 18.9 Å². The Hall–Kier alpha value is -2.57. The van der Waals surface area contributed by atoms with Crippen molar-refractivity contribution in [1.29, 1.82) is 0 Å². The Balaban J connectivity index is 2.24. The van der Waals surface area contributed by atoms with Crippen LogP contribution >= 0.6 is 0 Å². The number of imide groups is 1. The first-order valence-electron chi connectivity index (χ1n) is 6.99. The first-order chi connectivity index (χ1) is 10.5. The van der Waals surface area contributed by atoms with E-state index in [1.54, 1.807) is 30.0 Å². The first-order valence-corrected chi connectivity index (χ1v) is 6.99. The van der Waals surface area contributed by atoms with Crippen molar-refractivity contribution in [1.82, 2.24) is 10.2 Å². The van der Waals surface area contributed by atoms with E-state index in [-0.39, 0.29) is 24.3 Å². The zero-order chi connectivity index (χ0) is 16.3. The molecule has 1 N–H and O–H groups in total. The van der Waals surface area contributed by atoms with E-state index in [4.69, 9.17) is 0 Å². The number of carbonyl (C=O) groups is 4. The largest absolute Gasteiger partial charge is 0.359 e. The molecule has 2 aliphatic rings. The van der Waals surface area contributed by atoms with Crippen LogP contribution in [-0.4, -0.2) is 66.4 Å². The van der Waals surface area contributed by atoms with Gasteiger partial charge < -0.3 is 10.1 Å². The van der Waals surface area contributed by atoms with E-state index in [2.05, 4.69) is 5.32 Å². The van der Waals surface area contributed by atoms with Crippen LogP contribution in [-0.2, 0) is 19.2 Å². The van der Waals surface area contributed by atoms with E-state index < -0.39 is 17.9 Å². The second kappa shape index (κ2) is 6.46. The van der Waals surface area contributed by atoms with Crippen molar-refractivity contribution >= 4 is 30.2 Å². The van der Waals surface area contributed by atoms with E-state index >= 15 is 0 Å². The molecule has 1 unspecified atom stereocenters. The molecule has 116 valence electrons. The summed E-state index contributed by atoms with van der Waals surface area (Å²) >= 11 is 0. The smallest absolute Gasteiger partial charge is 0.268 e. The van der Waals surface area contributed by atoms with Crippen molar-refractivity contribution < 1.29 is 23.8 Å². The Bertz CT molecular complexity index is 631. The summed E-state index contributed by atoms with van der Waals surface area (Å²) in [6, 6.07) is -0.934. The van der Waals surface area contributed by atoms with Crippen molar-refractivity contribution in [3.8, 4) is 0 Å². The van der Waals surface area contributed by atoms with E-state index in [0.717, 1.165) is 4.90 Å². The molecule has 0 saturated heterocycles. The van der Waals surface area contributed by atoms with Crippen molar-refractivity contribution in [2.24, 2.45) is 0 Å². The summed E-state index contributed by atoms with van der Waals surface area (Å²) in [5.74, 6) is -1.23. The molecule has 22 heavy (non-hydrogen) atoms. The summed E-state index contributed by atoms with van der Waals surface area (Å²) in [6.07, 6.45) is 5.72. The summed E-state index contributed by atoms with van der Waals surface area (Å²) < 4.78 is 1.79. The van der Waals surface area contributed by atoms with Crippen LogP contribution < -0.4 is 5.32 Å². The Kier molecular flexibility index (Phi) is 4.65. The topological polar surface area (TPSA) is 86.6 Å². The fourth-order valence-corrected chi connectivity index (χ4v) is 2.44. The molecular formula is C15H18N3O4+. The van der Waals surface area contributed by atoms with E-state index in [1.165, 1.54) is 7.05 Å². The van der Waals surface area contributed by atoms with Crippen molar-refractivity contribution in [2.75, 3.05) is 20.6 Å². The Morgan fingerprint density at radius 2 is 2.09 bits per heavy atom. The van der Waals surface area contributed by atoms with Crippen LogP contribution in [0.5, 0.6) is 0 Å². The summed E-state index contributed by atoms with van der Waals surface area (Å²) in [6.45, 7) is 0.599. The highest BCUT2D eigenvalue weighted by atomic mass is 16.2. The number of nitrogens with one attached hydrogen (secondary N) is 1. The highest BCUT2D eigenvalue weighted by Gasteiger charge is 2.42. The molecule has 0 radical (unpaired) electrons. The Labute approximate surface area is 128 Å². The standard InChI is InChI=1S/C15H17N3O4/c1-16-13(20)6-5-10(9-19)18-14(21)11-4-3-7-17(2)8-12(11)15(18)22/h3-4,8-10H,5-7H2,1-2H3/p+1. The van der Waals surface area contributed by atoms with Gasteiger partial charge in [-0.3, -0.25) is 19.3 Å². The average molecular weight is 304 g/mol. The maximum Gasteiger partial charge on any atom is 0.268 e. The van der Waals surface area contributed by atoms with Gasteiger partial charge in [-0.2, -0.15) is 0 Å². The molecular weight excluding hydrogens is 286 g/mol. The molecule has 1 atom stereocenters. The molecule has 2 rings (SSSR count). The van der Waals surface area contributed by atoms with Crippen LogP contribution in [0.25, 0.3) is 0 Å². The SMILES string of the molecule is CNC(=O)CCC(C=O)N1C(=O)C2=C(C=[N+](C)CC=C2)C1=O. The minimum atomic E-state index is -0.934. The molecule has 0 aromatic rings. The molecule has 0 aromatic heterocycles. The maximum atomic E-state index is 12.5. The predicted octanol–water partition coefficient (Wildman–Crippen LogP) is -0.972. The number of rotatable bonds is 5. The van der Waals surface area contributed by atoms with Gasteiger partial charge in [0, 0.05) is 13.5 Å². The molecule has 7 heteroatoms. The zero-order valence-electron chi connectivity index (χ0n) is 12.5. The minimum Gasteiger partial charge on any atom is -0.359 e. The average Bonchev–Trinajstić information content (AvgIpc) is 2.67. The lowest BCUT2D eigenvalue weighted by Crippen LogP contribution is -2.43. The third kappa shape index (κ3) is 2.88. The van der Waals surface area contributed by atoms with Crippen molar-refractivity contribution in [3.63, 3.8) is 0 Å². The summed E-state index contributed by atoms with van der Waals surface area (Å²) in [5.41, 5.74) is 0.578. The lowest BCUT2D eigenvalue weighted by molar-refractivity contribution is -0.480. The number of hydrogen-bond acceptors (Lipinski definition) is 4. The number of nitrogens with zero attached hydrogens (tertiary/aromatic N) is 2. The van der Waals surface area contributed by atoms with E-state index in [1.807, 2.05) is 0 Å². The monoisotopic (exact) mass is 304 g/mol. The molecule has 0 aromatic carbocycles. The van der Waals surface area contributed by atoms with Crippen molar-refractivity contribution in [3.05, 3.63) is 23.3 Å². The molecule has 0 aliphatic carbocycles. The van der Waals surface area contributed by atoms with E-state index in [9.17, 15) is 19.2 Å². The zero-order valence-corrected chi connectivity index (χ0v) is 12.5. The van der Waals surface area contributed by atoms with Crippen LogP contribution in [0.15, 0.2) is 23.3 Å². The second-order valence-corrected chi connectivity index (χ2v) is 5.19. The van der Waals surface area contributed by atoms with Gasteiger partial charge in [-0.05, 0) is 18.6 Å². The quantitative estimate of drug-likeness (QED) is 0.402. The van der Waals surface area contributed by atoms with Crippen LogP contribution in [0.1, 0.15) is 12.8 Å². The fraction of sp³-hybridized carbons (Fsp3) is 0.400. The molecule has 7 nitrogen and oxygen atoms in total. The van der Waals surface area contributed by atoms with Crippen LogP contribution in [0.2, 0.25) is 0 Å². The Morgan fingerprint density at radius 3 is 2.73 bits per heavy atom. The van der Waals surface area contributed by atoms with E-state index in [0.29, 0.717) is 18.4 Å². The summed E-state index contributed by atoms with van der Waals surface area (Å²) in [5, 5.41) is 2.44. The fourth-order valence-electron chi connectivity index (χ4n) is 2.44. The number of aldehydes is 1. The van der Waals surface area contributed by atoms with Gasteiger partial charge in [-0.1, -0.05) is 0 Å². The second-order valence-electron chi connectivity index (χ2n) is 5.19. The molecule has 0 fully saturated rings. The third-order valence-corrected chi connectivity index (χ3v) is 3.65. The van der Waals surface area contributed by atoms with Gasteiger partial charge in [0.05, 0.1) is 11.6 Å². The number of likely N-dealkylation sites (N-methyl/N-ethyl adjacent to an activating group) is 1. The number of hydrogen-bond donors (Lipinski definition) is 1. The lowest BCUT2D eigenvalue weighted by Gasteiger charge is -2.21. The van der Waals surface area contributed by atoms with Crippen LogP contribution in [0.4, 0.5) is 0 Å². The normalized spacial score (nSPS) is 18.8. The van der Waals surface area contributed by atoms with Gasteiger partial charge in [-0.25, -0.2) is 4.58 Å². The molecule has 3 amide bonds. The predicted molar refractivity (Wildman–Crippen MR) is 78.3 cm³/mol. The molecule has 0 saturated carbocycles. The number of carbonyl (C=O) groups excluding carboxylic acids is 4. The van der Waals surface area contributed by atoms with Crippen LogP contribution in [0.3, 0.4) is 0 Å². The van der Waals surface area contributed by atoms with Crippen molar-refractivity contribution in [2.45, 2.75) is 18.9 Å². The van der Waals surface area contributed by atoms with Gasteiger partial charge >= 0.3 is 0 Å². The highest BCUT2D eigenvalue weighted by Crippen LogP contribution is 2.25. The van der Waals surface area contributed by atoms with Gasteiger partial charge in [0.25, 0.3) is 11.8 Å². The van der Waals surface area contributed by atoms with Gasteiger partial charge in [0.15, 0.2) is 12.8 Å². The maximum absolute atomic E-state index is 12.5. The minimum absolute atomic E-state index is 0.0705. The molecule has 0 bridgehead atoms. The Morgan fingerprint density at radius 1 is 1.41 bits per heavy atom. The molecule has 0 spiro atoms. The number of amides is 3. The van der Waals surface area contributed by atoms with Gasteiger partial charge in [0.2, 0.25) is 5.91 Å². The van der Waals surface area contributed by atoms with Crippen LogP contribution in [0, 0.1) is 0 Å².